The Labute approximate surface area is 90.9 Å². The molecule has 1 aliphatic rings. The van der Waals surface area contributed by atoms with E-state index in [1.54, 1.807) is 0 Å². The molecule has 0 amide bonds. The third-order valence-corrected chi connectivity index (χ3v) is 2.46. The van der Waals surface area contributed by atoms with Crippen LogP contribution in [0.2, 0.25) is 0 Å². The molecule has 1 fully saturated rings. The van der Waals surface area contributed by atoms with Crippen LogP contribution >= 0.6 is 0 Å². The molecule has 1 saturated heterocycles. The average Bonchev–Trinajstić information content (AvgIpc) is 2.05. The summed E-state index contributed by atoms with van der Waals surface area (Å²) in [5, 5.41) is 7.01. The molecule has 0 aliphatic carbocycles. The van der Waals surface area contributed by atoms with Gasteiger partial charge in [0.25, 0.3) is 0 Å². The van der Waals surface area contributed by atoms with Crippen LogP contribution in [0.3, 0.4) is 0 Å². The number of nitrogens with one attached hydrogen (secondary N) is 2. The van der Waals surface area contributed by atoms with Gasteiger partial charge in [0.15, 0.2) is 0 Å². The Morgan fingerprint density at radius 2 is 2.00 bits per heavy atom. The Morgan fingerprint density at radius 1 is 1.29 bits per heavy atom. The molecule has 1 atom stereocenters. The van der Waals surface area contributed by atoms with Crippen molar-refractivity contribution in [2.24, 2.45) is 0 Å². The molecule has 0 saturated carbocycles. The van der Waals surface area contributed by atoms with Crippen molar-refractivity contribution in [3.63, 3.8) is 0 Å². The highest BCUT2D eigenvalue weighted by atomic mass is 14.9. The highest BCUT2D eigenvalue weighted by molar-refractivity contribution is 4.73. The van der Waals surface area contributed by atoms with Crippen LogP contribution in [0.15, 0.2) is 0 Å². The normalized spacial score (nSPS) is 21.2. The summed E-state index contributed by atoms with van der Waals surface area (Å²) in [7, 11) is 0. The Balaban J connectivity index is 0. The Morgan fingerprint density at radius 3 is 2.50 bits per heavy atom. The van der Waals surface area contributed by atoms with Crippen LogP contribution in [0.4, 0.5) is 0 Å². The highest BCUT2D eigenvalue weighted by Gasteiger charge is 2.11. The second kappa shape index (κ2) is 9.47. The van der Waals surface area contributed by atoms with Crippen molar-refractivity contribution in [1.29, 1.82) is 0 Å². The summed E-state index contributed by atoms with van der Waals surface area (Å²) in [6, 6.07) is 1.42. The van der Waals surface area contributed by atoms with Gasteiger partial charge in [-0.2, -0.15) is 0 Å². The van der Waals surface area contributed by atoms with E-state index in [0.29, 0.717) is 6.04 Å². The molecule has 14 heavy (non-hydrogen) atoms. The van der Waals surface area contributed by atoms with E-state index in [2.05, 4.69) is 24.5 Å². The molecule has 1 unspecified atom stereocenters. The fourth-order valence-corrected chi connectivity index (χ4v) is 1.72. The fraction of sp³-hybridized carbons (Fsp3) is 1.00. The van der Waals surface area contributed by atoms with Gasteiger partial charge in [-0.25, -0.2) is 0 Å². The summed E-state index contributed by atoms with van der Waals surface area (Å²) in [5.41, 5.74) is 0. The largest absolute Gasteiger partial charge is 0.314 e. The van der Waals surface area contributed by atoms with Gasteiger partial charge in [-0.3, -0.25) is 0 Å². The maximum atomic E-state index is 3.55. The van der Waals surface area contributed by atoms with Crippen molar-refractivity contribution in [2.75, 3.05) is 13.1 Å². The molecule has 1 rings (SSSR count). The molecule has 0 spiro atoms. The van der Waals surface area contributed by atoms with Gasteiger partial charge in [0.2, 0.25) is 0 Å². The summed E-state index contributed by atoms with van der Waals surface area (Å²) in [6.07, 6.45) is 5.45. The number of piperidine rings is 1. The lowest BCUT2D eigenvalue weighted by Crippen LogP contribution is -2.37. The molecule has 2 N–H and O–H groups in total. The van der Waals surface area contributed by atoms with Crippen molar-refractivity contribution in [1.82, 2.24) is 10.6 Å². The predicted molar refractivity (Wildman–Crippen MR) is 66.9 cm³/mol. The Bertz CT molecular complexity index is 107. The lowest BCUT2D eigenvalue weighted by Gasteiger charge is -2.23. The predicted octanol–water partition coefficient (Wildman–Crippen LogP) is 2.79. The standard InChI is InChI=1S/C10H22N2.2CH4/c1-9(2)11-8-6-10-5-3-4-7-12-10;;/h9-12H,3-8H2,1-2H3;2*1H4. The zero-order valence-corrected chi connectivity index (χ0v) is 8.40. The van der Waals surface area contributed by atoms with Gasteiger partial charge in [-0.15, -0.1) is 0 Å². The monoisotopic (exact) mass is 202 g/mol. The molecule has 2 nitrogen and oxygen atoms in total. The van der Waals surface area contributed by atoms with Crippen LogP contribution < -0.4 is 10.6 Å². The molecule has 0 radical (unpaired) electrons. The lowest BCUT2D eigenvalue weighted by atomic mass is 10.0. The molecule has 0 bridgehead atoms. The minimum Gasteiger partial charge on any atom is -0.314 e. The smallest absolute Gasteiger partial charge is 0.00791 e. The molecule has 1 heterocycles. The first kappa shape index (κ1) is 16.4. The summed E-state index contributed by atoms with van der Waals surface area (Å²) < 4.78 is 0. The zero-order valence-electron chi connectivity index (χ0n) is 8.40. The number of rotatable bonds is 4. The molecular formula is C12H30N2. The zero-order chi connectivity index (χ0) is 8.81. The number of hydrogen-bond acceptors (Lipinski definition) is 2. The first-order valence-electron chi connectivity index (χ1n) is 5.26. The molecule has 0 aromatic rings. The number of hydrogen-bond donors (Lipinski definition) is 2. The van der Waals surface area contributed by atoms with Crippen molar-refractivity contribution >= 4 is 0 Å². The van der Waals surface area contributed by atoms with E-state index in [0.717, 1.165) is 12.6 Å². The SMILES string of the molecule is C.C.CC(C)NCCC1CCCCN1. The molecular weight excluding hydrogens is 172 g/mol. The van der Waals surface area contributed by atoms with E-state index >= 15 is 0 Å². The second-order valence-corrected chi connectivity index (χ2v) is 4.04. The van der Waals surface area contributed by atoms with Crippen LogP contribution in [-0.4, -0.2) is 25.2 Å². The average molecular weight is 202 g/mol. The highest BCUT2D eigenvalue weighted by Crippen LogP contribution is 2.09. The van der Waals surface area contributed by atoms with Gasteiger partial charge in [0.1, 0.15) is 0 Å². The van der Waals surface area contributed by atoms with Gasteiger partial charge in [-0.05, 0) is 32.4 Å². The van der Waals surface area contributed by atoms with Crippen molar-refractivity contribution in [3.05, 3.63) is 0 Å². The third-order valence-electron chi connectivity index (χ3n) is 2.46. The van der Waals surface area contributed by atoms with Gasteiger partial charge < -0.3 is 10.6 Å². The Hall–Kier alpha value is -0.0800. The molecule has 0 aromatic carbocycles. The first-order valence-corrected chi connectivity index (χ1v) is 5.26. The molecule has 2 heteroatoms. The topological polar surface area (TPSA) is 24.1 Å². The van der Waals surface area contributed by atoms with E-state index in [1.165, 1.54) is 32.2 Å². The minimum absolute atomic E-state index is 0. The van der Waals surface area contributed by atoms with Crippen LogP contribution in [-0.2, 0) is 0 Å². The van der Waals surface area contributed by atoms with Gasteiger partial charge in [0.05, 0.1) is 0 Å². The molecule has 0 aromatic heterocycles. The van der Waals surface area contributed by atoms with Gasteiger partial charge >= 0.3 is 0 Å². The minimum atomic E-state index is 0. The quantitative estimate of drug-likeness (QED) is 0.732. The van der Waals surface area contributed by atoms with Crippen LogP contribution in [0.5, 0.6) is 0 Å². The molecule has 88 valence electrons. The van der Waals surface area contributed by atoms with Gasteiger partial charge in [-0.1, -0.05) is 35.1 Å². The van der Waals surface area contributed by atoms with E-state index < -0.39 is 0 Å². The summed E-state index contributed by atoms with van der Waals surface area (Å²) in [5.74, 6) is 0. The summed E-state index contributed by atoms with van der Waals surface area (Å²) in [4.78, 5) is 0. The first-order chi connectivity index (χ1) is 5.79. The second-order valence-electron chi connectivity index (χ2n) is 4.04. The maximum absolute atomic E-state index is 3.55. The van der Waals surface area contributed by atoms with E-state index in [1.807, 2.05) is 0 Å². The van der Waals surface area contributed by atoms with Crippen molar-refractivity contribution in [3.8, 4) is 0 Å². The molecule has 1 aliphatic heterocycles. The third kappa shape index (κ3) is 7.34. The fourth-order valence-electron chi connectivity index (χ4n) is 1.72. The maximum Gasteiger partial charge on any atom is 0.00791 e. The van der Waals surface area contributed by atoms with Crippen molar-refractivity contribution < 1.29 is 0 Å². The van der Waals surface area contributed by atoms with Crippen LogP contribution in [0.1, 0.15) is 54.4 Å². The van der Waals surface area contributed by atoms with Crippen LogP contribution in [0.25, 0.3) is 0 Å². The summed E-state index contributed by atoms with van der Waals surface area (Å²) in [6.45, 7) is 6.80. The van der Waals surface area contributed by atoms with Crippen LogP contribution in [0, 0.1) is 0 Å². The van der Waals surface area contributed by atoms with Gasteiger partial charge in [0, 0.05) is 12.1 Å². The summed E-state index contributed by atoms with van der Waals surface area (Å²) >= 11 is 0. The Kier molecular flexibility index (Phi) is 11.1. The van der Waals surface area contributed by atoms with Crippen molar-refractivity contribution in [2.45, 2.75) is 66.5 Å². The van der Waals surface area contributed by atoms with E-state index in [9.17, 15) is 0 Å². The lowest BCUT2D eigenvalue weighted by molar-refractivity contribution is 0.372. The van der Waals surface area contributed by atoms with E-state index in [4.69, 9.17) is 0 Å². The van der Waals surface area contributed by atoms with E-state index in [-0.39, 0.29) is 14.9 Å².